The van der Waals surface area contributed by atoms with Crippen LogP contribution in [0.3, 0.4) is 0 Å². The minimum atomic E-state index is -0.0792. The fourth-order valence-electron chi connectivity index (χ4n) is 3.37. The minimum Gasteiger partial charge on any atom is -0.340 e. The van der Waals surface area contributed by atoms with Crippen LogP contribution in [0, 0.1) is 0 Å². The van der Waals surface area contributed by atoms with Crippen molar-refractivity contribution in [2.75, 3.05) is 5.32 Å². The van der Waals surface area contributed by atoms with Crippen LogP contribution in [-0.4, -0.2) is 15.5 Å². The topological polar surface area (TPSA) is 64.0 Å². The molecular formula is C22H18BrN3O2. The first kappa shape index (κ1) is 18.4. The Balaban J connectivity index is 1.56. The number of fused-ring (bicyclic) bond motifs is 2. The van der Waals surface area contributed by atoms with Gasteiger partial charge in [0.25, 0.3) is 0 Å². The molecule has 5 nitrogen and oxygen atoms in total. The van der Waals surface area contributed by atoms with E-state index in [0.29, 0.717) is 36.0 Å². The number of pyridine rings is 2. The zero-order chi connectivity index (χ0) is 19.5. The molecule has 0 saturated heterocycles. The van der Waals surface area contributed by atoms with E-state index in [4.69, 9.17) is 0 Å². The summed E-state index contributed by atoms with van der Waals surface area (Å²) in [7, 11) is 0. The number of nitrogens with zero attached hydrogens (tertiary/aromatic N) is 2. The Morgan fingerprint density at radius 3 is 2.21 bits per heavy atom. The Labute approximate surface area is 170 Å². The van der Waals surface area contributed by atoms with Crippen LogP contribution in [0.25, 0.3) is 21.8 Å². The van der Waals surface area contributed by atoms with Crippen LogP contribution in [0.1, 0.15) is 12.8 Å². The van der Waals surface area contributed by atoms with E-state index < -0.39 is 0 Å². The summed E-state index contributed by atoms with van der Waals surface area (Å²) in [6, 6.07) is 18.8. The minimum absolute atomic E-state index is 0.0431. The molecule has 28 heavy (non-hydrogen) atoms. The molecule has 0 unspecified atom stereocenters. The number of rotatable bonds is 5. The van der Waals surface area contributed by atoms with Gasteiger partial charge in [0.05, 0.1) is 11.0 Å². The third-order valence-electron chi connectivity index (χ3n) is 4.66. The molecule has 6 heteroatoms. The number of aryl methyl sites for hydroxylation is 1. The normalized spacial score (nSPS) is 11.0. The van der Waals surface area contributed by atoms with Crippen molar-refractivity contribution < 1.29 is 4.79 Å². The van der Waals surface area contributed by atoms with E-state index in [1.165, 1.54) is 0 Å². The summed E-state index contributed by atoms with van der Waals surface area (Å²) >= 11 is 3.32. The Morgan fingerprint density at radius 2 is 1.61 bits per heavy atom. The van der Waals surface area contributed by atoms with Crippen molar-refractivity contribution in [2.45, 2.75) is 19.4 Å². The molecule has 0 spiro atoms. The maximum Gasteiger partial charge on any atom is 0.225 e. The highest BCUT2D eigenvalue weighted by molar-refractivity contribution is 9.10. The van der Waals surface area contributed by atoms with Gasteiger partial charge in [-0.05, 0) is 58.7 Å². The Morgan fingerprint density at radius 1 is 0.964 bits per heavy atom. The lowest BCUT2D eigenvalue weighted by Crippen LogP contribution is -2.15. The van der Waals surface area contributed by atoms with Gasteiger partial charge in [-0.3, -0.25) is 9.59 Å². The predicted molar refractivity (Wildman–Crippen MR) is 116 cm³/mol. The number of aromatic nitrogens is 2. The maximum atomic E-state index is 12.8. The lowest BCUT2D eigenvalue weighted by atomic mass is 10.1. The summed E-state index contributed by atoms with van der Waals surface area (Å²) in [6.07, 6.45) is 2.67. The van der Waals surface area contributed by atoms with Crippen LogP contribution in [0.2, 0.25) is 0 Å². The molecule has 140 valence electrons. The van der Waals surface area contributed by atoms with Gasteiger partial charge in [0.1, 0.15) is 5.82 Å². The van der Waals surface area contributed by atoms with Gasteiger partial charge in [0.2, 0.25) is 5.91 Å². The number of hydrogen-bond donors (Lipinski definition) is 1. The molecule has 1 amide bonds. The fraction of sp³-hybridized carbons (Fsp3) is 0.136. The highest BCUT2D eigenvalue weighted by Gasteiger charge is 2.11. The predicted octanol–water partition coefficient (Wildman–Crippen LogP) is 4.73. The lowest BCUT2D eigenvalue weighted by molar-refractivity contribution is -0.116. The van der Waals surface area contributed by atoms with Gasteiger partial charge in [0, 0.05) is 34.4 Å². The first-order valence-electron chi connectivity index (χ1n) is 9.05. The molecule has 0 fully saturated rings. The Kier molecular flexibility index (Phi) is 5.21. The van der Waals surface area contributed by atoms with E-state index in [-0.39, 0.29) is 11.3 Å². The molecule has 4 rings (SSSR count). The lowest BCUT2D eigenvalue weighted by Gasteiger charge is -2.15. The van der Waals surface area contributed by atoms with Gasteiger partial charge in [-0.25, -0.2) is 4.98 Å². The van der Waals surface area contributed by atoms with Crippen LogP contribution < -0.4 is 10.7 Å². The molecule has 0 aliphatic heterocycles. The highest BCUT2D eigenvalue weighted by Crippen LogP contribution is 2.20. The molecule has 0 aliphatic rings. The van der Waals surface area contributed by atoms with E-state index in [1.807, 2.05) is 54.6 Å². The summed E-state index contributed by atoms with van der Waals surface area (Å²) in [5.74, 6) is 0.455. The van der Waals surface area contributed by atoms with E-state index in [0.717, 1.165) is 15.5 Å². The van der Waals surface area contributed by atoms with Crippen LogP contribution >= 0.6 is 15.9 Å². The number of anilines is 1. The standard InChI is InChI=1S/C22H18BrN3O2/c23-15-11-12-20(24-14-15)25-21(27)10-5-13-26-18-8-3-1-6-16(18)22(28)17-7-2-4-9-19(17)26/h1-4,6-9,11-12,14H,5,10,13H2,(H,24,25,27). The zero-order valence-corrected chi connectivity index (χ0v) is 16.6. The van der Waals surface area contributed by atoms with Crippen molar-refractivity contribution in [2.24, 2.45) is 0 Å². The van der Waals surface area contributed by atoms with Crippen molar-refractivity contribution in [1.29, 1.82) is 0 Å². The van der Waals surface area contributed by atoms with Gasteiger partial charge >= 0.3 is 0 Å². The van der Waals surface area contributed by atoms with Crippen LogP contribution in [0.15, 0.2) is 76.1 Å². The number of carbonyl (C=O) groups is 1. The number of halogens is 1. The summed E-state index contributed by atoms with van der Waals surface area (Å²) in [6.45, 7) is 0.641. The van der Waals surface area contributed by atoms with Crippen molar-refractivity contribution >= 4 is 49.5 Å². The summed E-state index contributed by atoms with van der Waals surface area (Å²) in [5.41, 5.74) is 1.82. The van der Waals surface area contributed by atoms with Crippen molar-refractivity contribution in [3.63, 3.8) is 0 Å². The highest BCUT2D eigenvalue weighted by atomic mass is 79.9. The molecule has 2 aromatic carbocycles. The molecule has 0 radical (unpaired) electrons. The maximum absolute atomic E-state index is 12.8. The van der Waals surface area contributed by atoms with E-state index in [9.17, 15) is 9.59 Å². The van der Waals surface area contributed by atoms with Gasteiger partial charge in [-0.2, -0.15) is 0 Å². The van der Waals surface area contributed by atoms with Gasteiger partial charge < -0.3 is 9.88 Å². The second-order valence-corrected chi connectivity index (χ2v) is 7.44. The molecule has 1 N–H and O–H groups in total. The average Bonchev–Trinajstić information content (AvgIpc) is 2.72. The average molecular weight is 436 g/mol. The Bertz CT molecular complexity index is 1160. The molecule has 0 saturated carbocycles. The third-order valence-corrected chi connectivity index (χ3v) is 5.13. The van der Waals surface area contributed by atoms with Crippen LogP contribution in [0.4, 0.5) is 5.82 Å². The first-order valence-corrected chi connectivity index (χ1v) is 9.84. The van der Waals surface area contributed by atoms with Crippen molar-refractivity contribution in [3.05, 3.63) is 81.6 Å². The second kappa shape index (κ2) is 7.94. The molecular weight excluding hydrogens is 418 g/mol. The van der Waals surface area contributed by atoms with Crippen molar-refractivity contribution in [3.8, 4) is 0 Å². The number of benzene rings is 2. The quantitative estimate of drug-likeness (QED) is 0.460. The van der Waals surface area contributed by atoms with Gasteiger partial charge in [-0.15, -0.1) is 0 Å². The van der Waals surface area contributed by atoms with Crippen LogP contribution in [-0.2, 0) is 11.3 Å². The molecule has 2 aromatic heterocycles. The van der Waals surface area contributed by atoms with Gasteiger partial charge in [0.15, 0.2) is 5.43 Å². The Hall–Kier alpha value is -2.99. The first-order chi connectivity index (χ1) is 13.6. The summed E-state index contributed by atoms with van der Waals surface area (Å²) < 4.78 is 2.99. The number of nitrogens with one attached hydrogen (secondary N) is 1. The van der Waals surface area contributed by atoms with E-state index in [2.05, 4.69) is 30.8 Å². The number of hydrogen-bond acceptors (Lipinski definition) is 3. The smallest absolute Gasteiger partial charge is 0.225 e. The molecule has 4 aromatic rings. The summed E-state index contributed by atoms with van der Waals surface area (Å²) in [5, 5.41) is 4.21. The fourth-order valence-corrected chi connectivity index (χ4v) is 3.61. The number of para-hydroxylation sites is 2. The second-order valence-electron chi connectivity index (χ2n) is 6.53. The zero-order valence-electron chi connectivity index (χ0n) is 15.1. The third kappa shape index (κ3) is 3.68. The SMILES string of the molecule is O=C(CCCn1c2ccccc2c(=O)c2ccccc21)Nc1ccc(Br)cn1. The number of carbonyl (C=O) groups excluding carboxylic acids is 1. The molecule has 0 bridgehead atoms. The van der Waals surface area contributed by atoms with E-state index >= 15 is 0 Å². The van der Waals surface area contributed by atoms with E-state index in [1.54, 1.807) is 12.3 Å². The molecule has 0 aliphatic carbocycles. The summed E-state index contributed by atoms with van der Waals surface area (Å²) in [4.78, 5) is 29.2. The largest absolute Gasteiger partial charge is 0.340 e. The van der Waals surface area contributed by atoms with Gasteiger partial charge in [-0.1, -0.05) is 24.3 Å². The number of amides is 1. The molecule has 0 atom stereocenters. The molecule has 2 heterocycles. The monoisotopic (exact) mass is 435 g/mol. The van der Waals surface area contributed by atoms with Crippen LogP contribution in [0.5, 0.6) is 0 Å². The van der Waals surface area contributed by atoms with Crippen molar-refractivity contribution in [1.82, 2.24) is 9.55 Å².